The van der Waals surface area contributed by atoms with Crippen LogP contribution in [0.1, 0.15) is 70.2 Å². The van der Waals surface area contributed by atoms with Gasteiger partial charge in [0.2, 0.25) is 5.91 Å². The first kappa shape index (κ1) is 37.1. The molecule has 2 aliphatic rings. The van der Waals surface area contributed by atoms with Crippen LogP contribution >= 0.6 is 0 Å². The number of fused-ring (bicyclic) bond motifs is 1. The predicted molar refractivity (Wildman–Crippen MR) is 206 cm³/mol. The zero-order valence-corrected chi connectivity index (χ0v) is 31.4. The van der Waals surface area contributed by atoms with Crippen molar-refractivity contribution in [2.24, 2.45) is 11.7 Å². The highest BCUT2D eigenvalue weighted by atomic mass is 16.6. The smallest absolute Gasteiger partial charge is 0.407 e. The van der Waals surface area contributed by atoms with Crippen molar-refractivity contribution in [3.05, 3.63) is 84.7 Å². The van der Waals surface area contributed by atoms with Crippen LogP contribution in [0.3, 0.4) is 0 Å². The minimum atomic E-state index is -0.976. The number of alkyl carbamates (subject to hydrolysis) is 1. The monoisotopic (exact) mass is 746 g/mol. The maximum Gasteiger partial charge on any atom is 0.407 e. The number of aromatic amines is 2. The Balaban J connectivity index is 1.03. The van der Waals surface area contributed by atoms with Gasteiger partial charge in [-0.2, -0.15) is 0 Å². The van der Waals surface area contributed by atoms with E-state index in [2.05, 4.69) is 85.9 Å². The van der Waals surface area contributed by atoms with Crippen molar-refractivity contribution in [1.82, 2.24) is 35.1 Å². The third-order valence-electron chi connectivity index (χ3n) is 10.6. The van der Waals surface area contributed by atoms with Crippen LogP contribution in [0, 0.1) is 5.92 Å². The van der Waals surface area contributed by atoms with Crippen LogP contribution in [0.4, 0.5) is 9.59 Å². The molecule has 0 spiro atoms. The molecule has 3 aromatic carbocycles. The second-order valence-corrected chi connectivity index (χ2v) is 14.5. The molecule has 2 saturated heterocycles. The van der Waals surface area contributed by atoms with Crippen LogP contribution in [-0.4, -0.2) is 86.1 Å². The maximum absolute atomic E-state index is 13.5. The molecule has 4 atom stereocenters. The summed E-state index contributed by atoms with van der Waals surface area (Å²) in [7, 11) is 1.29. The highest BCUT2D eigenvalue weighted by Crippen LogP contribution is 2.35. The molecule has 14 nitrogen and oxygen atoms in total. The number of carbonyl (C=O) groups excluding carboxylic acids is 4. The molecule has 2 aliphatic heterocycles. The summed E-state index contributed by atoms with van der Waals surface area (Å²) >= 11 is 0. The summed E-state index contributed by atoms with van der Waals surface area (Å²) in [4.78, 5) is 69.3. The molecular formula is C41H46N8O6. The topological polar surface area (TPSA) is 189 Å². The number of carbonyl (C=O) groups is 4. The summed E-state index contributed by atoms with van der Waals surface area (Å²) < 4.78 is 9.68. The first-order valence-electron chi connectivity index (χ1n) is 18.7. The number of methoxy groups -OCH3 is 1. The largest absolute Gasteiger partial charge is 0.453 e. The number of amides is 4. The molecule has 2 fully saturated rings. The van der Waals surface area contributed by atoms with E-state index in [1.165, 1.54) is 14.0 Å². The molecule has 0 radical (unpaired) electrons. The number of primary amides is 1. The van der Waals surface area contributed by atoms with Gasteiger partial charge in [0.15, 0.2) is 6.10 Å². The SMILES string of the molecule is COC(=O)N[C@H](C(=O)N1CCC[C@H]1c1ncc(-c2ccc(-c3ccc4cc(-c5cnc([C@@H]6CCCN6C(=O)C(C)OC(N)=O)[nH]5)ccc4c3)cc2)[nH]1)C(C)C. The number of nitrogens with one attached hydrogen (secondary N) is 3. The highest BCUT2D eigenvalue weighted by Gasteiger charge is 2.38. The number of aromatic nitrogens is 4. The van der Waals surface area contributed by atoms with Gasteiger partial charge >= 0.3 is 12.2 Å². The summed E-state index contributed by atoms with van der Waals surface area (Å²) in [6.07, 6.45) is 4.24. The molecule has 2 aromatic heterocycles. The van der Waals surface area contributed by atoms with Gasteiger partial charge in [-0.3, -0.25) is 9.59 Å². The van der Waals surface area contributed by atoms with Crippen molar-refractivity contribution in [3.63, 3.8) is 0 Å². The van der Waals surface area contributed by atoms with Crippen LogP contribution in [0.15, 0.2) is 73.1 Å². The number of benzene rings is 3. The molecule has 55 heavy (non-hydrogen) atoms. The van der Waals surface area contributed by atoms with Crippen molar-refractivity contribution >= 4 is 34.8 Å². The number of rotatable bonds is 10. The normalized spacial score (nSPS) is 18.1. The number of imidazole rings is 2. The quantitative estimate of drug-likeness (QED) is 0.125. The Hall–Kier alpha value is -6.18. The van der Waals surface area contributed by atoms with Gasteiger partial charge in [0.1, 0.15) is 17.7 Å². The van der Waals surface area contributed by atoms with E-state index in [9.17, 15) is 19.2 Å². The minimum Gasteiger partial charge on any atom is -0.453 e. The number of nitrogens with zero attached hydrogens (tertiary/aromatic N) is 4. The van der Waals surface area contributed by atoms with E-state index >= 15 is 0 Å². The maximum atomic E-state index is 13.5. The van der Waals surface area contributed by atoms with E-state index < -0.39 is 24.3 Å². The average molecular weight is 747 g/mol. The molecule has 7 rings (SSSR count). The van der Waals surface area contributed by atoms with Gasteiger partial charge < -0.3 is 40.3 Å². The lowest BCUT2D eigenvalue weighted by Gasteiger charge is -2.30. The molecule has 14 heteroatoms. The Morgan fingerprint density at radius 3 is 1.82 bits per heavy atom. The molecular weight excluding hydrogens is 701 g/mol. The first-order valence-corrected chi connectivity index (χ1v) is 18.7. The number of ether oxygens (including phenoxy) is 2. The molecule has 5 aromatic rings. The van der Waals surface area contributed by atoms with Crippen molar-refractivity contribution in [3.8, 4) is 33.6 Å². The first-order chi connectivity index (χ1) is 26.5. The fourth-order valence-corrected chi connectivity index (χ4v) is 7.71. The minimum absolute atomic E-state index is 0.104. The fourth-order valence-electron chi connectivity index (χ4n) is 7.71. The van der Waals surface area contributed by atoms with Crippen LogP contribution in [0.5, 0.6) is 0 Å². The molecule has 4 amide bonds. The lowest BCUT2D eigenvalue weighted by Crippen LogP contribution is -2.51. The summed E-state index contributed by atoms with van der Waals surface area (Å²) in [5, 5.41) is 4.87. The van der Waals surface area contributed by atoms with Crippen molar-refractivity contribution < 1.29 is 28.7 Å². The Bertz CT molecular complexity index is 2210. The highest BCUT2D eigenvalue weighted by molar-refractivity contribution is 5.91. The van der Waals surface area contributed by atoms with Gasteiger partial charge in [-0.05, 0) is 78.1 Å². The number of hydrogen-bond donors (Lipinski definition) is 4. The molecule has 5 N–H and O–H groups in total. The van der Waals surface area contributed by atoms with E-state index in [4.69, 9.17) is 15.2 Å². The fraction of sp³-hybridized carbons (Fsp3) is 0.366. The van der Waals surface area contributed by atoms with Crippen LogP contribution in [0.2, 0.25) is 0 Å². The molecule has 0 aliphatic carbocycles. The predicted octanol–water partition coefficient (Wildman–Crippen LogP) is 6.48. The average Bonchev–Trinajstić information content (AvgIpc) is 4.02. The van der Waals surface area contributed by atoms with E-state index in [-0.39, 0.29) is 29.8 Å². The summed E-state index contributed by atoms with van der Waals surface area (Å²) in [6, 6.07) is 19.8. The number of nitrogens with two attached hydrogens (primary N) is 1. The van der Waals surface area contributed by atoms with Gasteiger partial charge in [0.25, 0.3) is 5.91 Å². The van der Waals surface area contributed by atoms with E-state index in [0.29, 0.717) is 18.9 Å². The van der Waals surface area contributed by atoms with Crippen molar-refractivity contribution in [2.45, 2.75) is 70.7 Å². The van der Waals surface area contributed by atoms with Gasteiger partial charge in [-0.15, -0.1) is 0 Å². The van der Waals surface area contributed by atoms with Gasteiger partial charge in [-0.25, -0.2) is 19.6 Å². The van der Waals surface area contributed by atoms with Crippen molar-refractivity contribution in [2.75, 3.05) is 20.2 Å². The van der Waals surface area contributed by atoms with E-state index in [1.54, 1.807) is 17.3 Å². The van der Waals surface area contributed by atoms with Crippen LogP contribution in [0.25, 0.3) is 44.4 Å². The third kappa shape index (κ3) is 7.75. The van der Waals surface area contributed by atoms with Gasteiger partial charge in [0, 0.05) is 18.7 Å². The standard InChI is InChI=1S/C41H46N8O6/c1-23(2)35(47-41(53)54-4)39(51)49-18-6-8-34(49)37-43-21-31(45-37)26-11-9-25(10-12-26)27-13-14-29-20-30(16-15-28(29)19-27)32-22-44-36(46-32)33-7-5-17-48(33)38(50)24(3)55-40(42)52/h9-16,19-24,33-35H,5-8,17-18H2,1-4H3,(H2,42,52)(H,43,45)(H,44,46)(H,47,53)/t24?,33-,34-,35-/m0/s1. The number of H-pyrrole nitrogens is 2. The van der Waals surface area contributed by atoms with Crippen molar-refractivity contribution in [1.29, 1.82) is 0 Å². The summed E-state index contributed by atoms with van der Waals surface area (Å²) in [5.41, 5.74) is 11.0. The molecule has 4 heterocycles. The number of hydrogen-bond acceptors (Lipinski definition) is 8. The lowest BCUT2D eigenvalue weighted by molar-refractivity contribution is -0.140. The van der Waals surface area contributed by atoms with Crippen LogP contribution < -0.4 is 11.1 Å². The molecule has 286 valence electrons. The Labute approximate surface area is 318 Å². The van der Waals surface area contributed by atoms with E-state index in [0.717, 1.165) is 75.9 Å². The zero-order chi connectivity index (χ0) is 38.8. The third-order valence-corrected chi connectivity index (χ3v) is 10.6. The molecule has 0 bridgehead atoms. The molecule has 1 unspecified atom stereocenters. The summed E-state index contributed by atoms with van der Waals surface area (Å²) in [5.74, 6) is 0.881. The Morgan fingerprint density at radius 2 is 1.25 bits per heavy atom. The van der Waals surface area contributed by atoms with Crippen LogP contribution in [-0.2, 0) is 19.1 Å². The molecule has 0 saturated carbocycles. The summed E-state index contributed by atoms with van der Waals surface area (Å²) in [6.45, 7) is 6.47. The van der Waals surface area contributed by atoms with Gasteiger partial charge in [-0.1, -0.05) is 62.4 Å². The van der Waals surface area contributed by atoms with Gasteiger partial charge in [0.05, 0.1) is 43.0 Å². The Morgan fingerprint density at radius 1 is 0.745 bits per heavy atom. The lowest BCUT2D eigenvalue weighted by atomic mass is 9.98. The second-order valence-electron chi connectivity index (χ2n) is 14.5. The van der Waals surface area contributed by atoms with E-state index in [1.807, 2.05) is 18.7 Å². The number of likely N-dealkylation sites (tertiary alicyclic amines) is 2. The Kier molecular flexibility index (Phi) is 10.6. The second kappa shape index (κ2) is 15.7. The zero-order valence-electron chi connectivity index (χ0n) is 31.4.